The van der Waals surface area contributed by atoms with Crippen LogP contribution >= 0.6 is 0 Å². The lowest BCUT2D eigenvalue weighted by atomic mass is 10.1. The number of anilines is 2. The molecule has 0 spiro atoms. The SMILES string of the molecule is CC(=O)c1ccc(NC(=O)[C@H](C)OC(=O)c2ccc(N(C)C)cc2)cc1. The van der Waals surface area contributed by atoms with Gasteiger partial charge in [0.25, 0.3) is 5.91 Å². The average Bonchev–Trinajstić information content (AvgIpc) is 2.62. The van der Waals surface area contributed by atoms with Crippen molar-refractivity contribution >= 4 is 29.0 Å². The Morgan fingerprint density at radius 1 is 0.923 bits per heavy atom. The van der Waals surface area contributed by atoms with Gasteiger partial charge >= 0.3 is 5.97 Å². The molecule has 0 heterocycles. The van der Waals surface area contributed by atoms with Crippen LogP contribution in [-0.2, 0) is 9.53 Å². The summed E-state index contributed by atoms with van der Waals surface area (Å²) in [5.41, 5.74) is 2.42. The van der Waals surface area contributed by atoms with Gasteiger partial charge < -0.3 is 15.0 Å². The molecule has 0 aromatic heterocycles. The molecule has 2 rings (SSSR count). The van der Waals surface area contributed by atoms with Gasteiger partial charge in [-0.1, -0.05) is 0 Å². The van der Waals surface area contributed by atoms with E-state index in [9.17, 15) is 14.4 Å². The number of Topliss-reactive ketones (excluding diaryl/α,β-unsaturated/α-hetero) is 1. The second-order valence-electron chi connectivity index (χ2n) is 6.11. The molecule has 0 aliphatic rings. The number of carbonyl (C=O) groups is 3. The summed E-state index contributed by atoms with van der Waals surface area (Å²) in [7, 11) is 3.81. The van der Waals surface area contributed by atoms with Gasteiger partial charge in [0.1, 0.15) is 0 Å². The topological polar surface area (TPSA) is 75.7 Å². The Morgan fingerprint density at radius 3 is 1.96 bits per heavy atom. The molecule has 0 bridgehead atoms. The first-order chi connectivity index (χ1) is 12.3. The van der Waals surface area contributed by atoms with E-state index in [0.717, 1.165) is 5.69 Å². The molecule has 1 amide bonds. The minimum atomic E-state index is -0.955. The maximum Gasteiger partial charge on any atom is 0.338 e. The van der Waals surface area contributed by atoms with Crippen LogP contribution in [0.2, 0.25) is 0 Å². The van der Waals surface area contributed by atoms with E-state index in [1.807, 2.05) is 19.0 Å². The number of ketones is 1. The third-order valence-corrected chi connectivity index (χ3v) is 3.83. The Labute approximate surface area is 152 Å². The largest absolute Gasteiger partial charge is 0.449 e. The zero-order valence-corrected chi connectivity index (χ0v) is 15.3. The Balaban J connectivity index is 1.95. The highest BCUT2D eigenvalue weighted by atomic mass is 16.5. The fourth-order valence-electron chi connectivity index (χ4n) is 2.21. The first-order valence-corrected chi connectivity index (χ1v) is 8.18. The van der Waals surface area contributed by atoms with Crippen molar-refractivity contribution in [3.05, 3.63) is 59.7 Å². The summed E-state index contributed by atoms with van der Waals surface area (Å²) in [4.78, 5) is 37.5. The van der Waals surface area contributed by atoms with Gasteiger partial charge in [0.2, 0.25) is 0 Å². The van der Waals surface area contributed by atoms with Gasteiger partial charge in [0.05, 0.1) is 5.56 Å². The first kappa shape index (κ1) is 19.2. The minimum Gasteiger partial charge on any atom is -0.449 e. The highest BCUT2D eigenvalue weighted by Crippen LogP contribution is 2.14. The van der Waals surface area contributed by atoms with Gasteiger partial charge in [-0.05, 0) is 62.4 Å². The molecule has 0 aliphatic carbocycles. The van der Waals surface area contributed by atoms with Gasteiger partial charge in [-0.15, -0.1) is 0 Å². The molecule has 0 saturated carbocycles. The number of nitrogens with one attached hydrogen (secondary N) is 1. The van der Waals surface area contributed by atoms with Crippen LogP contribution in [0.15, 0.2) is 48.5 Å². The summed E-state index contributed by atoms with van der Waals surface area (Å²) in [6, 6.07) is 13.4. The van der Waals surface area contributed by atoms with Crippen LogP contribution in [0.1, 0.15) is 34.6 Å². The molecular weight excluding hydrogens is 332 g/mol. The maximum atomic E-state index is 12.2. The summed E-state index contributed by atoms with van der Waals surface area (Å²) in [6.45, 7) is 2.98. The lowest BCUT2D eigenvalue weighted by molar-refractivity contribution is -0.123. The monoisotopic (exact) mass is 354 g/mol. The fourth-order valence-corrected chi connectivity index (χ4v) is 2.21. The maximum absolute atomic E-state index is 12.2. The zero-order chi connectivity index (χ0) is 19.3. The van der Waals surface area contributed by atoms with Crippen molar-refractivity contribution in [1.82, 2.24) is 0 Å². The molecule has 0 radical (unpaired) electrons. The Morgan fingerprint density at radius 2 is 1.46 bits per heavy atom. The molecule has 0 unspecified atom stereocenters. The van der Waals surface area contributed by atoms with Crippen LogP contribution < -0.4 is 10.2 Å². The smallest absolute Gasteiger partial charge is 0.338 e. The fraction of sp³-hybridized carbons (Fsp3) is 0.250. The quantitative estimate of drug-likeness (QED) is 0.637. The normalized spacial score (nSPS) is 11.4. The Kier molecular flexibility index (Phi) is 6.11. The summed E-state index contributed by atoms with van der Waals surface area (Å²) >= 11 is 0. The molecule has 0 aliphatic heterocycles. The van der Waals surface area contributed by atoms with Gasteiger partial charge in [-0.3, -0.25) is 9.59 Å². The Hall–Kier alpha value is -3.15. The predicted octanol–water partition coefficient (Wildman–Crippen LogP) is 3.14. The van der Waals surface area contributed by atoms with E-state index in [4.69, 9.17) is 4.74 Å². The van der Waals surface area contributed by atoms with Crippen molar-refractivity contribution in [1.29, 1.82) is 0 Å². The molecular formula is C20H22N2O4. The van der Waals surface area contributed by atoms with E-state index in [-0.39, 0.29) is 5.78 Å². The molecule has 0 saturated heterocycles. The molecule has 2 aromatic carbocycles. The van der Waals surface area contributed by atoms with E-state index >= 15 is 0 Å². The molecule has 26 heavy (non-hydrogen) atoms. The van der Waals surface area contributed by atoms with E-state index < -0.39 is 18.0 Å². The number of hydrogen-bond acceptors (Lipinski definition) is 5. The number of benzene rings is 2. The van der Waals surface area contributed by atoms with Crippen LogP contribution in [0, 0.1) is 0 Å². The standard InChI is InChI=1S/C20H22N2O4/c1-13(23)15-5-9-17(10-6-15)21-19(24)14(2)26-20(25)16-7-11-18(12-8-16)22(3)4/h5-12,14H,1-4H3,(H,21,24)/t14-/m0/s1. The molecule has 2 aromatic rings. The van der Waals surface area contributed by atoms with Crippen molar-refractivity contribution in [2.24, 2.45) is 0 Å². The first-order valence-electron chi connectivity index (χ1n) is 8.18. The van der Waals surface area contributed by atoms with Crippen molar-refractivity contribution in [3.63, 3.8) is 0 Å². The number of amides is 1. The van der Waals surface area contributed by atoms with Gasteiger partial charge in [0, 0.05) is 31.0 Å². The third kappa shape index (κ3) is 4.92. The molecule has 0 fully saturated rings. The van der Waals surface area contributed by atoms with Crippen LogP contribution in [0.5, 0.6) is 0 Å². The third-order valence-electron chi connectivity index (χ3n) is 3.83. The van der Waals surface area contributed by atoms with Crippen LogP contribution in [-0.4, -0.2) is 37.9 Å². The molecule has 136 valence electrons. The predicted molar refractivity (Wildman–Crippen MR) is 101 cm³/mol. The van der Waals surface area contributed by atoms with Crippen molar-refractivity contribution in [2.75, 3.05) is 24.3 Å². The minimum absolute atomic E-state index is 0.0505. The number of carbonyl (C=O) groups excluding carboxylic acids is 3. The van der Waals surface area contributed by atoms with Crippen LogP contribution in [0.3, 0.4) is 0 Å². The summed E-state index contributed by atoms with van der Waals surface area (Å²) < 4.78 is 5.21. The van der Waals surface area contributed by atoms with E-state index in [0.29, 0.717) is 16.8 Å². The van der Waals surface area contributed by atoms with Gasteiger partial charge in [-0.2, -0.15) is 0 Å². The number of ether oxygens (including phenoxy) is 1. The van der Waals surface area contributed by atoms with Gasteiger partial charge in [-0.25, -0.2) is 4.79 Å². The molecule has 1 atom stereocenters. The van der Waals surface area contributed by atoms with Crippen LogP contribution in [0.25, 0.3) is 0 Å². The number of rotatable bonds is 6. The van der Waals surface area contributed by atoms with E-state index in [2.05, 4.69) is 5.32 Å². The lowest BCUT2D eigenvalue weighted by Gasteiger charge is -2.15. The molecule has 6 nitrogen and oxygen atoms in total. The van der Waals surface area contributed by atoms with E-state index in [1.54, 1.807) is 48.5 Å². The van der Waals surface area contributed by atoms with Crippen molar-refractivity contribution < 1.29 is 19.1 Å². The lowest BCUT2D eigenvalue weighted by Crippen LogP contribution is -2.30. The van der Waals surface area contributed by atoms with Crippen molar-refractivity contribution in [2.45, 2.75) is 20.0 Å². The van der Waals surface area contributed by atoms with Crippen molar-refractivity contribution in [3.8, 4) is 0 Å². The molecule has 1 N–H and O–H groups in total. The van der Waals surface area contributed by atoms with E-state index in [1.165, 1.54) is 13.8 Å². The highest BCUT2D eigenvalue weighted by Gasteiger charge is 2.19. The van der Waals surface area contributed by atoms with Gasteiger partial charge in [0.15, 0.2) is 11.9 Å². The zero-order valence-electron chi connectivity index (χ0n) is 15.3. The highest BCUT2D eigenvalue weighted by molar-refractivity contribution is 5.98. The second-order valence-corrected chi connectivity index (χ2v) is 6.11. The second kappa shape index (κ2) is 8.29. The summed E-state index contributed by atoms with van der Waals surface area (Å²) in [6.07, 6.45) is -0.955. The molecule has 6 heteroatoms. The van der Waals surface area contributed by atoms with Crippen LogP contribution in [0.4, 0.5) is 11.4 Å². The number of nitrogens with zero attached hydrogens (tertiary/aromatic N) is 1. The summed E-state index contributed by atoms with van der Waals surface area (Å²) in [5.74, 6) is -1.06. The average molecular weight is 354 g/mol. The number of esters is 1. The Bertz CT molecular complexity index is 796. The number of hydrogen-bond donors (Lipinski definition) is 1. The summed E-state index contributed by atoms with van der Waals surface area (Å²) in [5, 5.41) is 2.65.